The fourth-order valence-electron chi connectivity index (χ4n) is 2.20. The second kappa shape index (κ2) is 6.36. The zero-order valence-corrected chi connectivity index (χ0v) is 12.6. The van der Waals surface area contributed by atoms with E-state index >= 15 is 0 Å². The molecule has 1 aliphatic heterocycles. The van der Waals surface area contributed by atoms with Gasteiger partial charge in [-0.3, -0.25) is 14.5 Å². The Labute approximate surface area is 124 Å². The number of amides is 1. The molecule has 1 saturated heterocycles. The fraction of sp³-hybridized carbons (Fsp3) is 0.429. The minimum atomic E-state index is -2.95. The highest BCUT2D eigenvalue weighted by atomic mass is 32.2. The highest BCUT2D eigenvalue weighted by molar-refractivity contribution is 7.91. The van der Waals surface area contributed by atoms with Crippen molar-refractivity contribution >= 4 is 27.2 Å². The third kappa shape index (κ3) is 4.37. The van der Waals surface area contributed by atoms with Crippen molar-refractivity contribution in [2.24, 2.45) is 0 Å². The summed E-state index contributed by atoms with van der Waals surface area (Å²) in [5.74, 6) is -0.188. The molecular formula is C14H18N2O4S. The normalized spacial score (nSPS) is 18.1. The Morgan fingerprint density at radius 3 is 2.43 bits per heavy atom. The van der Waals surface area contributed by atoms with Crippen LogP contribution >= 0.6 is 0 Å². The smallest absolute Gasteiger partial charge is 0.238 e. The van der Waals surface area contributed by atoms with Crippen molar-refractivity contribution in [2.45, 2.75) is 6.92 Å². The van der Waals surface area contributed by atoms with Crippen molar-refractivity contribution < 1.29 is 18.0 Å². The van der Waals surface area contributed by atoms with Crippen molar-refractivity contribution in [2.75, 3.05) is 36.5 Å². The van der Waals surface area contributed by atoms with E-state index in [0.29, 0.717) is 24.3 Å². The summed E-state index contributed by atoms with van der Waals surface area (Å²) in [4.78, 5) is 25.3. The van der Waals surface area contributed by atoms with Gasteiger partial charge >= 0.3 is 0 Å². The number of carbonyl (C=O) groups excluding carboxylic acids is 2. The van der Waals surface area contributed by atoms with Gasteiger partial charge in [0.05, 0.1) is 23.7 Å². The van der Waals surface area contributed by atoms with Crippen LogP contribution in [0, 0.1) is 0 Å². The van der Waals surface area contributed by atoms with Gasteiger partial charge in [0.2, 0.25) is 5.91 Å². The number of hydrogen-bond donors (Lipinski definition) is 1. The Kier molecular flexibility index (Phi) is 4.74. The lowest BCUT2D eigenvalue weighted by Gasteiger charge is -2.25. The first-order chi connectivity index (χ1) is 9.87. The second-order valence-corrected chi connectivity index (χ2v) is 7.38. The highest BCUT2D eigenvalue weighted by Crippen LogP contribution is 2.15. The molecule has 0 atom stereocenters. The molecule has 0 saturated carbocycles. The molecule has 1 aromatic carbocycles. The average Bonchev–Trinajstić information content (AvgIpc) is 2.41. The van der Waals surface area contributed by atoms with Gasteiger partial charge in [0.1, 0.15) is 0 Å². The molecule has 2 rings (SSSR count). The summed E-state index contributed by atoms with van der Waals surface area (Å²) in [6, 6.07) is 6.82. The molecule has 0 radical (unpaired) electrons. The third-order valence-electron chi connectivity index (χ3n) is 3.38. The molecule has 1 amide bonds. The molecule has 0 aromatic heterocycles. The highest BCUT2D eigenvalue weighted by Gasteiger charge is 2.23. The van der Waals surface area contributed by atoms with Gasteiger partial charge in [-0.1, -0.05) is 12.1 Å². The van der Waals surface area contributed by atoms with Crippen molar-refractivity contribution in [3.05, 3.63) is 29.8 Å². The summed E-state index contributed by atoms with van der Waals surface area (Å²) < 4.78 is 22.7. The van der Waals surface area contributed by atoms with E-state index in [1.807, 2.05) is 0 Å². The number of anilines is 1. The van der Waals surface area contributed by atoms with Crippen LogP contribution in [-0.4, -0.2) is 56.1 Å². The Morgan fingerprint density at radius 2 is 1.81 bits per heavy atom. The summed E-state index contributed by atoms with van der Waals surface area (Å²) in [6.07, 6.45) is 0. The van der Waals surface area contributed by atoms with Crippen LogP contribution in [0.2, 0.25) is 0 Å². The molecule has 1 aromatic rings. The van der Waals surface area contributed by atoms with E-state index in [1.165, 1.54) is 6.92 Å². The molecule has 1 N–H and O–H groups in total. The van der Waals surface area contributed by atoms with Crippen LogP contribution in [0.5, 0.6) is 0 Å². The van der Waals surface area contributed by atoms with E-state index in [1.54, 1.807) is 29.2 Å². The van der Waals surface area contributed by atoms with E-state index in [0.717, 1.165) is 0 Å². The summed E-state index contributed by atoms with van der Waals surface area (Å²) in [5, 5.41) is 2.71. The number of hydrogen-bond acceptors (Lipinski definition) is 5. The van der Waals surface area contributed by atoms with E-state index in [4.69, 9.17) is 0 Å². The number of nitrogens with one attached hydrogen (secondary N) is 1. The van der Waals surface area contributed by atoms with E-state index in [2.05, 4.69) is 5.32 Å². The second-order valence-electron chi connectivity index (χ2n) is 5.08. The molecule has 1 fully saturated rings. The number of ketones is 1. The number of benzene rings is 1. The average molecular weight is 310 g/mol. The first-order valence-corrected chi connectivity index (χ1v) is 8.52. The van der Waals surface area contributed by atoms with Gasteiger partial charge in [-0.25, -0.2) is 8.42 Å². The summed E-state index contributed by atoms with van der Waals surface area (Å²) in [7, 11) is -2.95. The predicted octanol–water partition coefficient (Wildman–Crippen LogP) is 0.558. The molecule has 0 bridgehead atoms. The molecule has 0 spiro atoms. The van der Waals surface area contributed by atoms with Crippen molar-refractivity contribution in [1.82, 2.24) is 4.90 Å². The van der Waals surface area contributed by atoms with Crippen LogP contribution in [0.4, 0.5) is 5.69 Å². The Hall–Kier alpha value is -1.73. The largest absolute Gasteiger partial charge is 0.324 e. The maximum Gasteiger partial charge on any atom is 0.238 e. The fourth-order valence-corrected chi connectivity index (χ4v) is 3.48. The van der Waals surface area contributed by atoms with Crippen molar-refractivity contribution in [3.63, 3.8) is 0 Å². The summed E-state index contributed by atoms with van der Waals surface area (Å²) in [5.41, 5.74) is 0.951. The zero-order chi connectivity index (χ0) is 15.5. The zero-order valence-electron chi connectivity index (χ0n) is 11.8. The monoisotopic (exact) mass is 310 g/mol. The van der Waals surface area contributed by atoms with E-state index < -0.39 is 9.84 Å². The van der Waals surface area contributed by atoms with Gasteiger partial charge in [-0.05, 0) is 19.1 Å². The topological polar surface area (TPSA) is 83.6 Å². The number of rotatable bonds is 4. The summed E-state index contributed by atoms with van der Waals surface area (Å²) in [6.45, 7) is 2.30. The standard InChI is InChI=1S/C14H18N2O4S/c1-11(17)12-4-2-3-5-13(12)15-14(18)10-16-6-8-21(19,20)9-7-16/h2-5H,6-10H2,1H3,(H,15,18). The van der Waals surface area contributed by atoms with Crippen molar-refractivity contribution in [1.29, 1.82) is 0 Å². The SMILES string of the molecule is CC(=O)c1ccccc1NC(=O)CN1CCS(=O)(=O)CC1. The van der Waals surface area contributed by atoms with Crippen LogP contribution in [0.1, 0.15) is 17.3 Å². The van der Waals surface area contributed by atoms with Gasteiger partial charge in [0.25, 0.3) is 0 Å². The molecule has 1 heterocycles. The van der Waals surface area contributed by atoms with Crippen molar-refractivity contribution in [3.8, 4) is 0 Å². The van der Waals surface area contributed by atoms with Crippen LogP contribution in [-0.2, 0) is 14.6 Å². The van der Waals surface area contributed by atoms with E-state index in [9.17, 15) is 18.0 Å². The molecule has 0 unspecified atom stereocenters. The lowest BCUT2D eigenvalue weighted by atomic mass is 10.1. The minimum Gasteiger partial charge on any atom is -0.324 e. The molecule has 1 aliphatic rings. The number of para-hydroxylation sites is 1. The van der Waals surface area contributed by atoms with Crippen LogP contribution < -0.4 is 5.32 Å². The number of carbonyl (C=O) groups is 2. The number of Topliss-reactive ketones (excluding diaryl/α,β-unsaturated/α-hetero) is 1. The van der Waals surface area contributed by atoms with Gasteiger partial charge < -0.3 is 5.32 Å². The molecule has 21 heavy (non-hydrogen) atoms. The molecule has 114 valence electrons. The maximum atomic E-state index is 12.0. The molecule has 7 heteroatoms. The Balaban J connectivity index is 1.95. The van der Waals surface area contributed by atoms with Gasteiger partial charge in [-0.15, -0.1) is 0 Å². The van der Waals surface area contributed by atoms with Crippen LogP contribution in [0.3, 0.4) is 0 Å². The van der Waals surface area contributed by atoms with Gasteiger partial charge in [0.15, 0.2) is 15.6 Å². The van der Waals surface area contributed by atoms with Crippen LogP contribution in [0.25, 0.3) is 0 Å². The predicted molar refractivity (Wildman–Crippen MR) is 80.2 cm³/mol. The quantitative estimate of drug-likeness (QED) is 0.822. The van der Waals surface area contributed by atoms with Gasteiger partial charge in [0, 0.05) is 18.7 Å². The number of nitrogens with zero attached hydrogens (tertiary/aromatic N) is 1. The molecule has 0 aliphatic carbocycles. The van der Waals surface area contributed by atoms with Gasteiger partial charge in [-0.2, -0.15) is 0 Å². The lowest BCUT2D eigenvalue weighted by Crippen LogP contribution is -2.44. The lowest BCUT2D eigenvalue weighted by molar-refractivity contribution is -0.117. The number of sulfone groups is 1. The maximum absolute atomic E-state index is 12.0. The molecular weight excluding hydrogens is 292 g/mol. The van der Waals surface area contributed by atoms with E-state index in [-0.39, 0.29) is 29.7 Å². The molecule has 6 nitrogen and oxygen atoms in total. The first kappa shape index (κ1) is 15.7. The Morgan fingerprint density at radius 1 is 1.19 bits per heavy atom. The Bertz CT molecular complexity index is 641. The first-order valence-electron chi connectivity index (χ1n) is 6.70. The third-order valence-corrected chi connectivity index (χ3v) is 4.99. The van der Waals surface area contributed by atoms with Crippen LogP contribution in [0.15, 0.2) is 24.3 Å². The summed E-state index contributed by atoms with van der Waals surface area (Å²) >= 11 is 0. The minimum absolute atomic E-state index is 0.0876.